The molecule has 3 nitrogen and oxygen atoms in total. The van der Waals surface area contributed by atoms with Gasteiger partial charge in [0, 0.05) is 24.9 Å². The molecule has 3 heteroatoms. The van der Waals surface area contributed by atoms with E-state index in [9.17, 15) is 4.79 Å². The third-order valence-corrected chi connectivity index (χ3v) is 3.05. The summed E-state index contributed by atoms with van der Waals surface area (Å²) in [7, 11) is 0. The highest BCUT2D eigenvalue weighted by atomic mass is 16.1. The number of hydrogen-bond acceptors (Lipinski definition) is 2. The maximum absolute atomic E-state index is 12.2. The summed E-state index contributed by atoms with van der Waals surface area (Å²) < 4.78 is 1.93. The first-order valence-corrected chi connectivity index (χ1v) is 6.29. The molecule has 0 radical (unpaired) electrons. The van der Waals surface area contributed by atoms with Gasteiger partial charge in [0.15, 0.2) is 5.82 Å². The van der Waals surface area contributed by atoms with Crippen molar-refractivity contribution in [3.05, 3.63) is 18.2 Å². The Morgan fingerprint density at radius 1 is 1.44 bits per heavy atom. The van der Waals surface area contributed by atoms with Crippen molar-refractivity contribution in [2.75, 3.05) is 0 Å². The smallest absolute Gasteiger partial charge is 0.201 e. The van der Waals surface area contributed by atoms with Crippen LogP contribution in [0.15, 0.2) is 12.4 Å². The van der Waals surface area contributed by atoms with Gasteiger partial charge in [0.05, 0.1) is 0 Å². The molecule has 16 heavy (non-hydrogen) atoms. The van der Waals surface area contributed by atoms with E-state index in [0.717, 1.165) is 32.2 Å². The third-order valence-electron chi connectivity index (χ3n) is 3.05. The summed E-state index contributed by atoms with van der Waals surface area (Å²) in [4.78, 5) is 16.4. The van der Waals surface area contributed by atoms with Crippen LogP contribution in [0.3, 0.4) is 0 Å². The van der Waals surface area contributed by atoms with Gasteiger partial charge in [-0.15, -0.1) is 0 Å². The van der Waals surface area contributed by atoms with Crippen molar-refractivity contribution in [1.82, 2.24) is 9.55 Å². The number of Topliss-reactive ketones (excluding diaryl/α,β-unsaturated/α-hetero) is 1. The van der Waals surface area contributed by atoms with Crippen LogP contribution in [0.25, 0.3) is 0 Å². The van der Waals surface area contributed by atoms with Gasteiger partial charge in [-0.1, -0.05) is 26.7 Å². The first-order valence-electron chi connectivity index (χ1n) is 6.29. The Morgan fingerprint density at radius 2 is 2.19 bits per heavy atom. The lowest BCUT2D eigenvalue weighted by atomic mass is 9.94. The van der Waals surface area contributed by atoms with E-state index >= 15 is 0 Å². The van der Waals surface area contributed by atoms with E-state index in [1.165, 1.54) is 0 Å². The standard InChI is InChI=1S/C13H22N2O/c1-4-7-8-11(5-2)12(16)13-14-9-10-15(13)6-3/h9-11H,4-8H2,1-3H3. The Balaban J connectivity index is 2.74. The molecule has 0 N–H and O–H groups in total. The molecular formula is C13H22N2O. The second-order valence-corrected chi connectivity index (χ2v) is 4.15. The predicted octanol–water partition coefficient (Wildman–Crippen LogP) is 3.30. The van der Waals surface area contributed by atoms with E-state index in [4.69, 9.17) is 0 Å². The topological polar surface area (TPSA) is 34.9 Å². The van der Waals surface area contributed by atoms with Crippen molar-refractivity contribution in [3.63, 3.8) is 0 Å². The molecule has 0 aromatic carbocycles. The van der Waals surface area contributed by atoms with Crippen LogP contribution >= 0.6 is 0 Å². The monoisotopic (exact) mass is 222 g/mol. The van der Waals surface area contributed by atoms with Crippen LogP contribution in [0.2, 0.25) is 0 Å². The number of carbonyl (C=O) groups is 1. The number of hydrogen-bond donors (Lipinski definition) is 0. The Kier molecular flexibility index (Phi) is 5.23. The maximum Gasteiger partial charge on any atom is 0.201 e. The number of aryl methyl sites for hydroxylation is 1. The molecule has 1 rings (SSSR count). The number of ketones is 1. The number of unbranched alkanes of at least 4 members (excludes halogenated alkanes) is 1. The van der Waals surface area contributed by atoms with Gasteiger partial charge in [0.25, 0.3) is 0 Å². The van der Waals surface area contributed by atoms with Crippen LogP contribution in [0.1, 0.15) is 57.1 Å². The first kappa shape index (κ1) is 12.9. The number of imidazole rings is 1. The average molecular weight is 222 g/mol. The van der Waals surface area contributed by atoms with Crippen molar-refractivity contribution >= 4 is 5.78 Å². The Morgan fingerprint density at radius 3 is 2.75 bits per heavy atom. The molecule has 0 saturated carbocycles. The lowest BCUT2D eigenvalue weighted by Gasteiger charge is -2.13. The minimum absolute atomic E-state index is 0.146. The maximum atomic E-state index is 12.2. The van der Waals surface area contributed by atoms with Crippen LogP contribution in [-0.2, 0) is 6.54 Å². The summed E-state index contributed by atoms with van der Waals surface area (Å²) in [5.74, 6) is 0.987. The molecule has 1 atom stereocenters. The highest BCUT2D eigenvalue weighted by Crippen LogP contribution is 2.17. The number of carbonyl (C=O) groups excluding carboxylic acids is 1. The van der Waals surface area contributed by atoms with E-state index in [1.807, 2.05) is 17.7 Å². The summed E-state index contributed by atoms with van der Waals surface area (Å²) in [6.45, 7) is 7.08. The summed E-state index contributed by atoms with van der Waals surface area (Å²) >= 11 is 0. The lowest BCUT2D eigenvalue weighted by molar-refractivity contribution is 0.0893. The zero-order valence-electron chi connectivity index (χ0n) is 10.6. The van der Waals surface area contributed by atoms with Gasteiger partial charge in [-0.05, 0) is 19.8 Å². The van der Waals surface area contributed by atoms with E-state index in [1.54, 1.807) is 6.20 Å². The van der Waals surface area contributed by atoms with Crippen LogP contribution in [0, 0.1) is 5.92 Å². The number of rotatable bonds is 7. The Labute approximate surface area is 97.9 Å². The first-order chi connectivity index (χ1) is 7.74. The second-order valence-electron chi connectivity index (χ2n) is 4.15. The minimum atomic E-state index is 0.146. The fourth-order valence-corrected chi connectivity index (χ4v) is 1.94. The highest BCUT2D eigenvalue weighted by molar-refractivity contribution is 5.94. The third kappa shape index (κ3) is 2.94. The molecule has 0 aliphatic rings. The van der Waals surface area contributed by atoms with E-state index in [-0.39, 0.29) is 11.7 Å². The van der Waals surface area contributed by atoms with E-state index < -0.39 is 0 Å². The number of nitrogens with zero attached hydrogens (tertiary/aromatic N) is 2. The molecule has 90 valence electrons. The zero-order chi connectivity index (χ0) is 12.0. The molecule has 0 bridgehead atoms. The minimum Gasteiger partial charge on any atom is -0.329 e. The second kappa shape index (κ2) is 6.46. The molecule has 1 heterocycles. The summed E-state index contributed by atoms with van der Waals surface area (Å²) in [6.07, 6.45) is 7.75. The molecule has 0 amide bonds. The van der Waals surface area contributed by atoms with Gasteiger partial charge in [-0.25, -0.2) is 4.98 Å². The fourth-order valence-electron chi connectivity index (χ4n) is 1.94. The van der Waals surface area contributed by atoms with Crippen molar-refractivity contribution in [3.8, 4) is 0 Å². The van der Waals surface area contributed by atoms with Gasteiger partial charge in [-0.2, -0.15) is 0 Å². The van der Waals surface area contributed by atoms with Crippen molar-refractivity contribution in [2.45, 2.75) is 53.0 Å². The Bertz CT molecular complexity index is 330. The quantitative estimate of drug-likeness (QED) is 0.663. The molecule has 0 spiro atoms. The van der Waals surface area contributed by atoms with Gasteiger partial charge < -0.3 is 4.57 Å². The SMILES string of the molecule is CCCCC(CC)C(=O)c1nccn1CC. The number of aromatic nitrogens is 2. The van der Waals surface area contributed by atoms with Crippen molar-refractivity contribution in [2.24, 2.45) is 5.92 Å². The largest absolute Gasteiger partial charge is 0.329 e. The highest BCUT2D eigenvalue weighted by Gasteiger charge is 2.21. The molecule has 0 aliphatic carbocycles. The van der Waals surface area contributed by atoms with Crippen LogP contribution < -0.4 is 0 Å². The fraction of sp³-hybridized carbons (Fsp3) is 0.692. The molecule has 0 aliphatic heterocycles. The molecule has 0 fully saturated rings. The van der Waals surface area contributed by atoms with Crippen molar-refractivity contribution < 1.29 is 4.79 Å². The molecular weight excluding hydrogens is 200 g/mol. The van der Waals surface area contributed by atoms with Crippen LogP contribution in [0.4, 0.5) is 0 Å². The van der Waals surface area contributed by atoms with Gasteiger partial charge in [0.2, 0.25) is 5.78 Å². The summed E-state index contributed by atoms with van der Waals surface area (Å²) in [5.41, 5.74) is 0. The van der Waals surface area contributed by atoms with Gasteiger partial charge >= 0.3 is 0 Å². The predicted molar refractivity (Wildman–Crippen MR) is 65.5 cm³/mol. The summed E-state index contributed by atoms with van der Waals surface area (Å²) in [6, 6.07) is 0. The average Bonchev–Trinajstić information content (AvgIpc) is 2.77. The summed E-state index contributed by atoms with van der Waals surface area (Å²) in [5, 5.41) is 0. The Hall–Kier alpha value is -1.12. The normalized spacial score (nSPS) is 12.7. The molecule has 1 unspecified atom stereocenters. The molecule has 1 aromatic rings. The molecule has 0 saturated heterocycles. The van der Waals surface area contributed by atoms with E-state index in [0.29, 0.717) is 5.82 Å². The van der Waals surface area contributed by atoms with Crippen molar-refractivity contribution in [1.29, 1.82) is 0 Å². The van der Waals surface area contributed by atoms with Crippen LogP contribution in [-0.4, -0.2) is 15.3 Å². The lowest BCUT2D eigenvalue weighted by Crippen LogP contribution is -2.19. The van der Waals surface area contributed by atoms with Gasteiger partial charge in [-0.3, -0.25) is 4.79 Å². The zero-order valence-corrected chi connectivity index (χ0v) is 10.6. The van der Waals surface area contributed by atoms with Gasteiger partial charge in [0.1, 0.15) is 0 Å². The van der Waals surface area contributed by atoms with Crippen LogP contribution in [0.5, 0.6) is 0 Å². The van der Waals surface area contributed by atoms with E-state index in [2.05, 4.69) is 18.8 Å². The molecule has 1 aromatic heterocycles.